The summed E-state index contributed by atoms with van der Waals surface area (Å²) in [4.78, 5) is 12.3. The molecule has 0 saturated carbocycles. The average molecular weight is 251 g/mol. The number of nitriles is 1. The molecule has 1 rings (SSSR count). The molecule has 0 spiro atoms. The normalized spacial score (nSPS) is 10.8. The van der Waals surface area contributed by atoms with E-state index in [1.54, 1.807) is 30.1 Å². The highest BCUT2D eigenvalue weighted by molar-refractivity contribution is 6.30. The Bertz CT molecular complexity index is 474. The molecule has 17 heavy (non-hydrogen) atoms. The Balaban J connectivity index is 2.73. The standard InChI is InChI=1S/C12H11ClN2O2/c1-15(8-10(6-14)12(16)17)7-9-2-4-11(13)5-3-9/h2-5,8H,7H2,1H3,(H,16,17)/b10-8-. The lowest BCUT2D eigenvalue weighted by Gasteiger charge is -2.14. The van der Waals surface area contributed by atoms with Crippen LogP contribution in [0.1, 0.15) is 5.56 Å². The molecule has 0 amide bonds. The van der Waals surface area contributed by atoms with Crippen LogP contribution in [0.2, 0.25) is 5.02 Å². The molecule has 0 bridgehead atoms. The number of hydrogen-bond acceptors (Lipinski definition) is 3. The third-order valence-corrected chi connectivity index (χ3v) is 2.30. The highest BCUT2D eigenvalue weighted by Crippen LogP contribution is 2.11. The monoisotopic (exact) mass is 250 g/mol. The van der Waals surface area contributed by atoms with Crippen molar-refractivity contribution in [2.45, 2.75) is 6.54 Å². The van der Waals surface area contributed by atoms with Crippen molar-refractivity contribution in [2.75, 3.05) is 7.05 Å². The maximum atomic E-state index is 10.6. The molecule has 0 atom stereocenters. The molecule has 0 radical (unpaired) electrons. The van der Waals surface area contributed by atoms with Crippen molar-refractivity contribution < 1.29 is 9.90 Å². The lowest BCUT2D eigenvalue weighted by molar-refractivity contribution is -0.132. The second-order valence-corrected chi connectivity index (χ2v) is 3.94. The van der Waals surface area contributed by atoms with Gasteiger partial charge in [-0.15, -0.1) is 0 Å². The summed E-state index contributed by atoms with van der Waals surface area (Å²) in [6.45, 7) is 0.510. The summed E-state index contributed by atoms with van der Waals surface area (Å²) in [7, 11) is 1.70. The van der Waals surface area contributed by atoms with Crippen molar-refractivity contribution in [2.24, 2.45) is 0 Å². The predicted molar refractivity (Wildman–Crippen MR) is 64.3 cm³/mol. The Kier molecular flexibility index (Phi) is 4.56. The first kappa shape index (κ1) is 13.1. The zero-order valence-electron chi connectivity index (χ0n) is 9.22. The summed E-state index contributed by atoms with van der Waals surface area (Å²) in [5.74, 6) is -1.23. The minimum Gasteiger partial charge on any atom is -0.477 e. The van der Waals surface area contributed by atoms with Crippen LogP contribution in [-0.4, -0.2) is 23.0 Å². The van der Waals surface area contributed by atoms with E-state index in [0.29, 0.717) is 11.6 Å². The van der Waals surface area contributed by atoms with Crippen LogP contribution in [0.15, 0.2) is 36.0 Å². The second kappa shape index (κ2) is 5.92. The molecule has 0 aliphatic carbocycles. The minimum atomic E-state index is -1.23. The van der Waals surface area contributed by atoms with Crippen LogP contribution in [0.5, 0.6) is 0 Å². The average Bonchev–Trinajstić information content (AvgIpc) is 2.28. The van der Waals surface area contributed by atoms with Crippen molar-refractivity contribution in [1.29, 1.82) is 5.26 Å². The number of rotatable bonds is 4. The number of carboxylic acids is 1. The van der Waals surface area contributed by atoms with Gasteiger partial charge < -0.3 is 10.0 Å². The molecule has 0 unspecified atom stereocenters. The molecule has 5 heteroatoms. The molecule has 1 N–H and O–H groups in total. The fraction of sp³-hybridized carbons (Fsp3) is 0.167. The van der Waals surface area contributed by atoms with Crippen molar-refractivity contribution in [3.05, 3.63) is 46.6 Å². The topological polar surface area (TPSA) is 64.3 Å². The molecule has 88 valence electrons. The van der Waals surface area contributed by atoms with Crippen molar-refractivity contribution in [3.8, 4) is 6.07 Å². The number of aliphatic carboxylic acids is 1. The molecule has 1 aromatic rings. The van der Waals surface area contributed by atoms with Crippen LogP contribution in [0.25, 0.3) is 0 Å². The van der Waals surface area contributed by atoms with Crippen molar-refractivity contribution >= 4 is 17.6 Å². The highest BCUT2D eigenvalue weighted by Gasteiger charge is 2.07. The van der Waals surface area contributed by atoms with E-state index in [1.807, 2.05) is 12.1 Å². The summed E-state index contributed by atoms with van der Waals surface area (Å²) < 4.78 is 0. The quantitative estimate of drug-likeness (QED) is 0.658. The first-order valence-electron chi connectivity index (χ1n) is 4.83. The number of carbonyl (C=O) groups is 1. The van der Waals surface area contributed by atoms with Gasteiger partial charge in [-0.1, -0.05) is 23.7 Å². The number of benzene rings is 1. The zero-order valence-corrected chi connectivity index (χ0v) is 9.98. The van der Waals surface area contributed by atoms with E-state index in [-0.39, 0.29) is 5.57 Å². The smallest absolute Gasteiger partial charge is 0.347 e. The van der Waals surface area contributed by atoms with Gasteiger partial charge in [0.25, 0.3) is 0 Å². The van der Waals surface area contributed by atoms with Crippen LogP contribution in [0.3, 0.4) is 0 Å². The molecular weight excluding hydrogens is 240 g/mol. The van der Waals surface area contributed by atoms with Gasteiger partial charge in [0.15, 0.2) is 5.57 Å². The molecular formula is C12H11ClN2O2. The molecule has 1 aromatic carbocycles. The molecule has 4 nitrogen and oxygen atoms in total. The summed E-state index contributed by atoms with van der Waals surface area (Å²) in [6.07, 6.45) is 1.30. The van der Waals surface area contributed by atoms with Gasteiger partial charge in [-0.25, -0.2) is 4.79 Å². The maximum absolute atomic E-state index is 10.6. The number of halogens is 1. The van der Waals surface area contributed by atoms with Gasteiger partial charge in [0, 0.05) is 24.8 Å². The molecule has 0 saturated heterocycles. The van der Waals surface area contributed by atoms with Gasteiger partial charge in [-0.2, -0.15) is 5.26 Å². The molecule has 0 heterocycles. The van der Waals surface area contributed by atoms with E-state index < -0.39 is 5.97 Å². The first-order valence-corrected chi connectivity index (χ1v) is 5.20. The van der Waals surface area contributed by atoms with Crippen LogP contribution < -0.4 is 0 Å². The van der Waals surface area contributed by atoms with E-state index in [9.17, 15) is 4.79 Å². The van der Waals surface area contributed by atoms with Crippen molar-refractivity contribution in [3.63, 3.8) is 0 Å². The van der Waals surface area contributed by atoms with E-state index in [2.05, 4.69) is 0 Å². The maximum Gasteiger partial charge on any atom is 0.347 e. The SMILES string of the molecule is CN(/C=C(/C#N)C(=O)O)Cc1ccc(Cl)cc1. The van der Waals surface area contributed by atoms with Crippen LogP contribution in [0.4, 0.5) is 0 Å². The van der Waals surface area contributed by atoms with Gasteiger partial charge in [0.2, 0.25) is 0 Å². The minimum absolute atomic E-state index is 0.290. The number of carboxylic acid groups (broad SMARTS) is 1. The predicted octanol–water partition coefficient (Wildman–Crippen LogP) is 2.26. The van der Waals surface area contributed by atoms with Gasteiger partial charge >= 0.3 is 5.97 Å². The Labute approximate surface area is 104 Å². The molecule has 0 fully saturated rings. The van der Waals surface area contributed by atoms with Gasteiger partial charge in [0.1, 0.15) is 6.07 Å². The number of nitrogens with zero attached hydrogens (tertiary/aromatic N) is 2. The zero-order chi connectivity index (χ0) is 12.8. The summed E-state index contributed by atoms with van der Waals surface area (Å²) in [5, 5.41) is 17.9. The fourth-order valence-corrected chi connectivity index (χ4v) is 1.40. The fourth-order valence-electron chi connectivity index (χ4n) is 1.28. The third kappa shape index (κ3) is 4.17. The Morgan fingerprint density at radius 1 is 1.53 bits per heavy atom. The molecule has 0 aliphatic rings. The van der Waals surface area contributed by atoms with Gasteiger partial charge in [-0.3, -0.25) is 0 Å². The Hall–Kier alpha value is -1.99. The highest BCUT2D eigenvalue weighted by atomic mass is 35.5. The Morgan fingerprint density at radius 2 is 2.12 bits per heavy atom. The largest absolute Gasteiger partial charge is 0.477 e. The lowest BCUT2D eigenvalue weighted by Crippen LogP contribution is -2.13. The van der Waals surface area contributed by atoms with Crippen molar-refractivity contribution in [1.82, 2.24) is 4.90 Å². The summed E-state index contributed by atoms with van der Waals surface area (Å²) in [5.41, 5.74) is 0.692. The van der Waals surface area contributed by atoms with E-state index >= 15 is 0 Å². The third-order valence-electron chi connectivity index (χ3n) is 2.05. The molecule has 0 aromatic heterocycles. The molecule has 0 aliphatic heterocycles. The van der Waals surface area contributed by atoms with E-state index in [0.717, 1.165) is 5.56 Å². The van der Waals surface area contributed by atoms with Crippen LogP contribution in [0, 0.1) is 11.3 Å². The lowest BCUT2D eigenvalue weighted by atomic mass is 10.2. The summed E-state index contributed by atoms with van der Waals surface area (Å²) in [6, 6.07) is 8.84. The Morgan fingerprint density at radius 3 is 2.59 bits per heavy atom. The van der Waals surface area contributed by atoms with E-state index in [1.165, 1.54) is 6.20 Å². The van der Waals surface area contributed by atoms with Gasteiger partial charge in [-0.05, 0) is 17.7 Å². The number of hydrogen-bond donors (Lipinski definition) is 1. The summed E-state index contributed by atoms with van der Waals surface area (Å²) >= 11 is 5.75. The van der Waals surface area contributed by atoms with Gasteiger partial charge in [0.05, 0.1) is 0 Å². The first-order chi connectivity index (χ1) is 8.02. The van der Waals surface area contributed by atoms with Crippen LogP contribution >= 0.6 is 11.6 Å². The van der Waals surface area contributed by atoms with E-state index in [4.69, 9.17) is 22.0 Å². The second-order valence-electron chi connectivity index (χ2n) is 3.50. The van der Waals surface area contributed by atoms with Crippen LogP contribution in [-0.2, 0) is 11.3 Å².